The lowest BCUT2D eigenvalue weighted by atomic mass is 10.2. The van der Waals surface area contributed by atoms with Crippen LogP contribution in [0.25, 0.3) is 0 Å². The van der Waals surface area contributed by atoms with Crippen LogP contribution in [0.2, 0.25) is 5.02 Å². The average molecular weight is 263 g/mol. The van der Waals surface area contributed by atoms with Crippen LogP contribution in [-0.2, 0) is 0 Å². The smallest absolute Gasteiger partial charge is 0.354 e. The Kier molecular flexibility index (Phi) is 3.48. The number of halogens is 1. The number of carboxylic acid groups (broad SMARTS) is 1. The Bertz CT molecular complexity index is 582. The number of pyridine rings is 1. The van der Waals surface area contributed by atoms with Crippen molar-refractivity contribution >= 4 is 28.9 Å². The van der Waals surface area contributed by atoms with Gasteiger partial charge in [0.2, 0.25) is 0 Å². The van der Waals surface area contributed by atoms with E-state index in [1.54, 1.807) is 6.07 Å². The van der Waals surface area contributed by atoms with E-state index in [0.717, 1.165) is 11.3 Å². The lowest BCUT2D eigenvalue weighted by Crippen LogP contribution is -2.00. The molecule has 0 aliphatic heterocycles. The highest BCUT2D eigenvalue weighted by molar-refractivity contribution is 6.34. The molecule has 0 aliphatic carbocycles. The molecule has 0 saturated carbocycles. The Morgan fingerprint density at radius 2 is 2.11 bits per heavy atom. The molecule has 0 fully saturated rings. The minimum absolute atomic E-state index is 0.0101. The molecule has 1 aromatic carbocycles. The monoisotopic (exact) mass is 262 g/mol. The van der Waals surface area contributed by atoms with Gasteiger partial charge in [-0.05, 0) is 30.7 Å². The van der Waals surface area contributed by atoms with Gasteiger partial charge in [0.15, 0.2) is 0 Å². The van der Waals surface area contributed by atoms with Crippen LogP contribution in [0.3, 0.4) is 0 Å². The molecule has 2 aromatic rings. The fourth-order valence-electron chi connectivity index (χ4n) is 1.49. The summed E-state index contributed by atoms with van der Waals surface area (Å²) in [5, 5.41) is 12.5. The molecule has 5 heteroatoms. The molecule has 0 saturated heterocycles. The number of hydrogen-bond donors (Lipinski definition) is 2. The van der Waals surface area contributed by atoms with E-state index in [4.69, 9.17) is 16.7 Å². The van der Waals surface area contributed by atoms with Gasteiger partial charge in [-0.2, -0.15) is 0 Å². The minimum Gasteiger partial charge on any atom is -0.477 e. The lowest BCUT2D eigenvalue weighted by molar-refractivity contribution is 0.0690. The van der Waals surface area contributed by atoms with Crippen LogP contribution < -0.4 is 5.32 Å². The van der Waals surface area contributed by atoms with Crippen LogP contribution in [-0.4, -0.2) is 16.1 Å². The Morgan fingerprint density at radius 1 is 1.33 bits per heavy atom. The molecule has 18 heavy (non-hydrogen) atoms. The highest BCUT2D eigenvalue weighted by Crippen LogP contribution is 2.27. The van der Waals surface area contributed by atoms with Gasteiger partial charge in [0, 0.05) is 0 Å². The zero-order valence-corrected chi connectivity index (χ0v) is 10.4. The van der Waals surface area contributed by atoms with Crippen LogP contribution in [0, 0.1) is 6.92 Å². The standard InChI is InChI=1S/C13H11ClN2O2/c1-8-3-2-4-10(12(8)14)16-9-5-6-11(13(17)18)15-7-9/h2-7,16H,1H3,(H,17,18). The maximum Gasteiger partial charge on any atom is 0.354 e. The van der Waals surface area contributed by atoms with E-state index in [1.807, 2.05) is 25.1 Å². The largest absolute Gasteiger partial charge is 0.477 e. The molecule has 0 unspecified atom stereocenters. The molecule has 0 bridgehead atoms. The normalized spacial score (nSPS) is 10.1. The van der Waals surface area contributed by atoms with E-state index in [2.05, 4.69) is 10.3 Å². The van der Waals surface area contributed by atoms with Crippen LogP contribution in [0.15, 0.2) is 36.5 Å². The number of nitrogens with zero attached hydrogens (tertiary/aromatic N) is 1. The summed E-state index contributed by atoms with van der Waals surface area (Å²) < 4.78 is 0. The first-order chi connectivity index (χ1) is 8.58. The Balaban J connectivity index is 2.24. The van der Waals surface area contributed by atoms with Crippen molar-refractivity contribution in [2.75, 3.05) is 5.32 Å². The number of carbonyl (C=O) groups is 1. The van der Waals surface area contributed by atoms with Gasteiger partial charge in [-0.15, -0.1) is 0 Å². The first-order valence-electron chi connectivity index (χ1n) is 5.29. The zero-order valence-electron chi connectivity index (χ0n) is 9.64. The molecular weight excluding hydrogens is 252 g/mol. The Hall–Kier alpha value is -2.07. The van der Waals surface area contributed by atoms with E-state index in [1.165, 1.54) is 12.3 Å². The molecule has 1 heterocycles. The molecular formula is C13H11ClN2O2. The van der Waals surface area contributed by atoms with Gasteiger partial charge >= 0.3 is 5.97 Å². The molecule has 92 valence electrons. The molecule has 2 N–H and O–H groups in total. The van der Waals surface area contributed by atoms with E-state index in [0.29, 0.717) is 10.7 Å². The first-order valence-corrected chi connectivity index (χ1v) is 5.67. The van der Waals surface area contributed by atoms with Gasteiger partial charge < -0.3 is 10.4 Å². The maximum atomic E-state index is 10.7. The van der Waals surface area contributed by atoms with E-state index in [-0.39, 0.29) is 5.69 Å². The maximum absolute atomic E-state index is 10.7. The molecule has 0 amide bonds. The molecule has 0 radical (unpaired) electrons. The van der Waals surface area contributed by atoms with Gasteiger partial charge in [0.05, 0.1) is 22.6 Å². The van der Waals surface area contributed by atoms with E-state index < -0.39 is 5.97 Å². The number of aromatic nitrogens is 1. The summed E-state index contributed by atoms with van der Waals surface area (Å²) in [6.45, 7) is 1.92. The highest BCUT2D eigenvalue weighted by atomic mass is 35.5. The number of aryl methyl sites for hydroxylation is 1. The molecule has 1 aromatic heterocycles. The third-order valence-corrected chi connectivity index (χ3v) is 2.96. The summed E-state index contributed by atoms with van der Waals surface area (Å²) in [5.41, 5.74) is 2.43. The minimum atomic E-state index is -1.05. The summed E-state index contributed by atoms with van der Waals surface area (Å²) >= 11 is 6.15. The van der Waals surface area contributed by atoms with Crippen molar-refractivity contribution in [1.82, 2.24) is 4.98 Å². The van der Waals surface area contributed by atoms with Crippen LogP contribution >= 0.6 is 11.6 Å². The Labute approximate surface area is 109 Å². The van der Waals surface area contributed by atoms with Crippen molar-refractivity contribution in [3.8, 4) is 0 Å². The van der Waals surface area contributed by atoms with Crippen molar-refractivity contribution in [3.63, 3.8) is 0 Å². The van der Waals surface area contributed by atoms with Crippen molar-refractivity contribution in [1.29, 1.82) is 0 Å². The summed E-state index contributed by atoms with van der Waals surface area (Å²) in [6.07, 6.45) is 1.46. The molecule has 0 spiro atoms. The number of anilines is 2. The summed E-state index contributed by atoms with van der Waals surface area (Å²) in [7, 11) is 0. The summed E-state index contributed by atoms with van der Waals surface area (Å²) in [5.74, 6) is -1.05. The van der Waals surface area contributed by atoms with Gasteiger partial charge in [0.25, 0.3) is 0 Å². The van der Waals surface area contributed by atoms with Crippen molar-refractivity contribution < 1.29 is 9.90 Å². The fraction of sp³-hybridized carbons (Fsp3) is 0.0769. The number of benzene rings is 1. The highest BCUT2D eigenvalue weighted by Gasteiger charge is 2.06. The first kappa shape index (κ1) is 12.4. The Morgan fingerprint density at radius 3 is 2.72 bits per heavy atom. The zero-order chi connectivity index (χ0) is 13.1. The number of aromatic carboxylic acids is 1. The van der Waals surface area contributed by atoms with Gasteiger partial charge in [-0.1, -0.05) is 23.7 Å². The topological polar surface area (TPSA) is 62.2 Å². The third-order valence-electron chi connectivity index (χ3n) is 2.45. The van der Waals surface area contributed by atoms with Crippen LogP contribution in [0.5, 0.6) is 0 Å². The van der Waals surface area contributed by atoms with Gasteiger partial charge in [-0.25, -0.2) is 9.78 Å². The van der Waals surface area contributed by atoms with Crippen molar-refractivity contribution in [3.05, 3.63) is 52.8 Å². The average Bonchev–Trinajstić information content (AvgIpc) is 2.36. The van der Waals surface area contributed by atoms with Crippen molar-refractivity contribution in [2.45, 2.75) is 6.92 Å². The van der Waals surface area contributed by atoms with Crippen LogP contribution in [0.1, 0.15) is 16.1 Å². The lowest BCUT2D eigenvalue weighted by Gasteiger charge is -2.09. The number of rotatable bonds is 3. The number of nitrogens with one attached hydrogen (secondary N) is 1. The predicted molar refractivity (Wildman–Crippen MR) is 70.7 cm³/mol. The predicted octanol–water partition coefficient (Wildman–Crippen LogP) is 3.49. The number of hydrogen-bond acceptors (Lipinski definition) is 3. The van der Waals surface area contributed by atoms with Gasteiger partial charge in [-0.3, -0.25) is 0 Å². The van der Waals surface area contributed by atoms with Gasteiger partial charge in [0.1, 0.15) is 5.69 Å². The van der Waals surface area contributed by atoms with E-state index in [9.17, 15) is 4.79 Å². The summed E-state index contributed by atoms with van der Waals surface area (Å²) in [6, 6.07) is 8.74. The van der Waals surface area contributed by atoms with Crippen LogP contribution in [0.4, 0.5) is 11.4 Å². The SMILES string of the molecule is Cc1cccc(Nc2ccc(C(=O)O)nc2)c1Cl. The third kappa shape index (κ3) is 2.60. The molecule has 0 aliphatic rings. The quantitative estimate of drug-likeness (QED) is 0.889. The second kappa shape index (κ2) is 5.06. The molecule has 2 rings (SSSR count). The second-order valence-electron chi connectivity index (χ2n) is 3.80. The fourth-order valence-corrected chi connectivity index (χ4v) is 1.67. The van der Waals surface area contributed by atoms with Crippen molar-refractivity contribution in [2.24, 2.45) is 0 Å². The van der Waals surface area contributed by atoms with E-state index >= 15 is 0 Å². The number of carboxylic acids is 1. The summed E-state index contributed by atoms with van der Waals surface area (Å²) in [4.78, 5) is 14.5. The molecule has 0 atom stereocenters. The second-order valence-corrected chi connectivity index (χ2v) is 4.18. The molecule has 4 nitrogen and oxygen atoms in total.